The van der Waals surface area contributed by atoms with Gasteiger partial charge in [-0.15, -0.1) is 0 Å². The van der Waals surface area contributed by atoms with Crippen LogP contribution in [-0.2, 0) is 11.3 Å². The molecule has 0 aliphatic carbocycles. The third kappa shape index (κ3) is 3.50. The lowest BCUT2D eigenvalue weighted by atomic mass is 9.92. The maximum atomic E-state index is 12.2. The fraction of sp³-hybridized carbons (Fsp3) is 0.368. The van der Waals surface area contributed by atoms with Gasteiger partial charge in [0.2, 0.25) is 0 Å². The van der Waals surface area contributed by atoms with E-state index in [1.54, 1.807) is 6.20 Å². The van der Waals surface area contributed by atoms with Gasteiger partial charge >= 0.3 is 0 Å². The fourth-order valence-electron chi connectivity index (χ4n) is 3.54. The lowest BCUT2D eigenvalue weighted by Crippen LogP contribution is -2.33. The van der Waals surface area contributed by atoms with Gasteiger partial charge < -0.3 is 15.0 Å². The van der Waals surface area contributed by atoms with Crippen LogP contribution in [0.15, 0.2) is 47.4 Å². The topological polar surface area (TPSA) is 82.8 Å². The van der Waals surface area contributed by atoms with Crippen molar-refractivity contribution in [3.8, 4) is 0 Å². The molecule has 3 heterocycles. The van der Waals surface area contributed by atoms with Crippen molar-refractivity contribution in [2.75, 3.05) is 13.2 Å². The van der Waals surface area contributed by atoms with Gasteiger partial charge in [0.15, 0.2) is 0 Å². The molecule has 1 saturated heterocycles. The van der Waals surface area contributed by atoms with E-state index in [4.69, 9.17) is 4.74 Å². The Kier molecular flexibility index (Phi) is 4.63. The zero-order valence-electron chi connectivity index (χ0n) is 14.0. The van der Waals surface area contributed by atoms with E-state index in [0.29, 0.717) is 12.5 Å². The fourth-order valence-corrected chi connectivity index (χ4v) is 3.54. The molecule has 1 aliphatic rings. The number of aromatic nitrogens is 3. The van der Waals surface area contributed by atoms with Gasteiger partial charge in [0.25, 0.3) is 5.56 Å². The maximum absolute atomic E-state index is 12.2. The molecule has 130 valence electrons. The minimum Gasteiger partial charge on any atom is -0.372 e. The molecule has 1 aromatic carbocycles. The molecule has 0 unspecified atom stereocenters. The molecule has 6 nitrogen and oxygen atoms in total. The number of nitrogens with one attached hydrogen (secondary N) is 3. The largest absolute Gasteiger partial charge is 0.372 e. The molecule has 4 rings (SSSR count). The molecule has 1 aliphatic heterocycles. The molecule has 0 amide bonds. The van der Waals surface area contributed by atoms with E-state index in [0.717, 1.165) is 48.2 Å². The normalized spacial score (nSPS) is 20.8. The lowest BCUT2D eigenvalue weighted by molar-refractivity contribution is -0.0303. The smallest absolute Gasteiger partial charge is 0.252 e. The second-order valence-electron chi connectivity index (χ2n) is 6.55. The Labute approximate surface area is 145 Å². The molecular weight excluding hydrogens is 316 g/mol. The predicted molar refractivity (Wildman–Crippen MR) is 96.3 cm³/mol. The standard InChI is InChI=1S/C19H22N4O2/c24-19-15(10-13-4-1-2-6-16(13)22-19)12-20-11-14-5-3-9-25-18(14)17-7-8-21-23-17/h1-2,4,6-8,10,14,18,20H,3,5,9,11-12H2,(H,21,23)(H,22,24)/t14-,18+/m0/s1. The minimum absolute atomic E-state index is 0.0313. The first-order chi connectivity index (χ1) is 12.3. The number of hydrogen-bond acceptors (Lipinski definition) is 4. The molecule has 2 aromatic heterocycles. The summed E-state index contributed by atoms with van der Waals surface area (Å²) in [4.78, 5) is 15.2. The number of benzene rings is 1. The molecule has 0 spiro atoms. The van der Waals surface area contributed by atoms with Crippen molar-refractivity contribution >= 4 is 10.9 Å². The number of aromatic amines is 2. The van der Waals surface area contributed by atoms with Crippen molar-refractivity contribution in [2.45, 2.75) is 25.5 Å². The average Bonchev–Trinajstić information content (AvgIpc) is 3.17. The summed E-state index contributed by atoms with van der Waals surface area (Å²) in [7, 11) is 0. The van der Waals surface area contributed by atoms with Crippen LogP contribution in [0.25, 0.3) is 10.9 Å². The number of H-pyrrole nitrogens is 2. The van der Waals surface area contributed by atoms with Crippen LogP contribution >= 0.6 is 0 Å². The first-order valence-corrected chi connectivity index (χ1v) is 8.74. The number of fused-ring (bicyclic) bond motifs is 1. The number of pyridine rings is 1. The van der Waals surface area contributed by atoms with Crippen LogP contribution in [0, 0.1) is 5.92 Å². The van der Waals surface area contributed by atoms with Crippen LogP contribution in [0.3, 0.4) is 0 Å². The highest BCUT2D eigenvalue weighted by Crippen LogP contribution is 2.31. The summed E-state index contributed by atoms with van der Waals surface area (Å²) < 4.78 is 5.94. The van der Waals surface area contributed by atoms with Crippen LogP contribution < -0.4 is 10.9 Å². The van der Waals surface area contributed by atoms with E-state index in [9.17, 15) is 4.79 Å². The van der Waals surface area contributed by atoms with E-state index in [1.807, 2.05) is 36.4 Å². The minimum atomic E-state index is -0.0313. The number of ether oxygens (including phenoxy) is 1. The van der Waals surface area contributed by atoms with E-state index in [1.165, 1.54) is 0 Å². The summed E-state index contributed by atoms with van der Waals surface area (Å²) >= 11 is 0. The molecule has 3 aromatic rings. The van der Waals surface area contributed by atoms with E-state index >= 15 is 0 Å². The van der Waals surface area contributed by atoms with Crippen LogP contribution in [0.5, 0.6) is 0 Å². The Hall–Kier alpha value is -2.44. The molecule has 0 radical (unpaired) electrons. The Morgan fingerprint density at radius 3 is 3.08 bits per heavy atom. The van der Waals surface area contributed by atoms with Gasteiger partial charge in [-0.3, -0.25) is 9.89 Å². The number of para-hydroxylation sites is 1. The molecule has 6 heteroatoms. The number of hydrogen-bond donors (Lipinski definition) is 3. The van der Waals surface area contributed by atoms with Crippen molar-refractivity contribution in [2.24, 2.45) is 5.92 Å². The van der Waals surface area contributed by atoms with Crippen molar-refractivity contribution in [3.63, 3.8) is 0 Å². The Balaban J connectivity index is 1.43. The van der Waals surface area contributed by atoms with Crippen molar-refractivity contribution in [1.29, 1.82) is 0 Å². The molecule has 2 atom stereocenters. The van der Waals surface area contributed by atoms with Gasteiger partial charge in [0.05, 0.1) is 5.69 Å². The first-order valence-electron chi connectivity index (χ1n) is 8.74. The quantitative estimate of drug-likeness (QED) is 0.667. The van der Waals surface area contributed by atoms with Crippen LogP contribution in [0.2, 0.25) is 0 Å². The molecule has 0 saturated carbocycles. The molecule has 3 N–H and O–H groups in total. The maximum Gasteiger partial charge on any atom is 0.252 e. The Morgan fingerprint density at radius 2 is 2.20 bits per heavy atom. The summed E-state index contributed by atoms with van der Waals surface area (Å²) in [6.45, 7) is 2.13. The average molecular weight is 338 g/mol. The zero-order chi connectivity index (χ0) is 17.1. The highest BCUT2D eigenvalue weighted by molar-refractivity contribution is 5.78. The molecule has 1 fully saturated rings. The summed E-state index contributed by atoms with van der Waals surface area (Å²) in [5.41, 5.74) is 2.62. The SMILES string of the molecule is O=c1[nH]c2ccccc2cc1CNC[C@@H]1CCCO[C@H]1c1ccn[nH]1. The van der Waals surface area contributed by atoms with E-state index < -0.39 is 0 Å². The highest BCUT2D eigenvalue weighted by Gasteiger charge is 2.28. The summed E-state index contributed by atoms with van der Waals surface area (Å²) in [5.74, 6) is 0.369. The highest BCUT2D eigenvalue weighted by atomic mass is 16.5. The number of nitrogens with zero attached hydrogens (tertiary/aromatic N) is 1. The lowest BCUT2D eigenvalue weighted by Gasteiger charge is -2.31. The van der Waals surface area contributed by atoms with Gasteiger partial charge in [0, 0.05) is 42.9 Å². The zero-order valence-corrected chi connectivity index (χ0v) is 14.0. The van der Waals surface area contributed by atoms with E-state index in [2.05, 4.69) is 20.5 Å². The third-order valence-electron chi connectivity index (χ3n) is 4.83. The second kappa shape index (κ2) is 7.21. The van der Waals surface area contributed by atoms with Crippen molar-refractivity contribution < 1.29 is 4.74 Å². The summed E-state index contributed by atoms with van der Waals surface area (Å²) in [6.07, 6.45) is 3.96. The predicted octanol–water partition coefficient (Wildman–Crippen LogP) is 2.51. The molecule has 25 heavy (non-hydrogen) atoms. The summed E-state index contributed by atoms with van der Waals surface area (Å²) in [6, 6.07) is 11.8. The van der Waals surface area contributed by atoms with Crippen LogP contribution in [0.4, 0.5) is 0 Å². The van der Waals surface area contributed by atoms with Crippen molar-refractivity contribution in [1.82, 2.24) is 20.5 Å². The number of rotatable bonds is 5. The van der Waals surface area contributed by atoms with Crippen LogP contribution in [0.1, 0.15) is 30.2 Å². The molecule has 0 bridgehead atoms. The van der Waals surface area contributed by atoms with Gasteiger partial charge in [-0.05, 0) is 36.4 Å². The summed E-state index contributed by atoms with van der Waals surface area (Å²) in [5, 5.41) is 11.5. The van der Waals surface area contributed by atoms with Gasteiger partial charge in [-0.2, -0.15) is 5.10 Å². The van der Waals surface area contributed by atoms with Gasteiger partial charge in [0.1, 0.15) is 6.10 Å². The van der Waals surface area contributed by atoms with E-state index in [-0.39, 0.29) is 11.7 Å². The van der Waals surface area contributed by atoms with Crippen molar-refractivity contribution in [3.05, 3.63) is 64.2 Å². The van der Waals surface area contributed by atoms with Crippen LogP contribution in [-0.4, -0.2) is 28.3 Å². The third-order valence-corrected chi connectivity index (χ3v) is 4.83. The first kappa shape index (κ1) is 16.1. The van der Waals surface area contributed by atoms with Gasteiger partial charge in [-0.1, -0.05) is 18.2 Å². The Morgan fingerprint density at radius 1 is 1.28 bits per heavy atom. The second-order valence-corrected chi connectivity index (χ2v) is 6.55. The monoisotopic (exact) mass is 338 g/mol. The molecular formula is C19H22N4O2. The Bertz CT molecular complexity index is 888. The van der Waals surface area contributed by atoms with Gasteiger partial charge in [-0.25, -0.2) is 0 Å².